The second-order valence-electron chi connectivity index (χ2n) is 7.26. The zero-order valence-electron chi connectivity index (χ0n) is 17.9. The molecule has 0 amide bonds. The Morgan fingerprint density at radius 3 is 1.94 bits per heavy atom. The third-order valence-electron chi connectivity index (χ3n) is 5.03. The van der Waals surface area contributed by atoms with Crippen LogP contribution < -0.4 is 4.74 Å². The van der Waals surface area contributed by atoms with Gasteiger partial charge in [-0.15, -0.1) is 0 Å². The highest BCUT2D eigenvalue weighted by atomic mass is 32.2. The second kappa shape index (κ2) is 9.81. The van der Waals surface area contributed by atoms with Crippen LogP contribution in [0.2, 0.25) is 0 Å². The Morgan fingerprint density at radius 1 is 0.871 bits per heavy atom. The Balaban J connectivity index is 0.000000176. The fourth-order valence-electron chi connectivity index (χ4n) is 3.15. The summed E-state index contributed by atoms with van der Waals surface area (Å²) in [6.45, 7) is 2.26. The first-order chi connectivity index (χ1) is 14.8. The van der Waals surface area contributed by atoms with Crippen LogP contribution >= 0.6 is 0 Å². The van der Waals surface area contributed by atoms with Crippen LogP contribution in [-0.2, 0) is 22.9 Å². The summed E-state index contributed by atoms with van der Waals surface area (Å²) in [5.74, 6) is 0.710. The molecule has 4 rings (SSSR count). The van der Waals surface area contributed by atoms with Crippen molar-refractivity contribution in [2.24, 2.45) is 0 Å². The summed E-state index contributed by atoms with van der Waals surface area (Å²) in [5, 5.41) is 10.0. The Morgan fingerprint density at radius 2 is 1.45 bits per heavy atom. The second-order valence-corrected chi connectivity index (χ2v) is 9.25. The minimum atomic E-state index is -3.18. The average molecular weight is 438 g/mol. The highest BCUT2D eigenvalue weighted by molar-refractivity contribution is 7.90. The van der Waals surface area contributed by atoms with Gasteiger partial charge in [0.05, 0.1) is 13.7 Å². The SMILES string of the molecule is CCc1ccc(-c2ccc(CO)cc2)cc1.COc1ccc2[nH]c(S(C)(=O)=O)cc2c1. The van der Waals surface area contributed by atoms with E-state index in [0.29, 0.717) is 5.75 Å². The average Bonchev–Trinajstić information content (AvgIpc) is 3.24. The monoisotopic (exact) mass is 437 g/mol. The van der Waals surface area contributed by atoms with Gasteiger partial charge in [-0.2, -0.15) is 0 Å². The molecule has 0 fully saturated rings. The quantitative estimate of drug-likeness (QED) is 0.461. The fraction of sp³-hybridized carbons (Fsp3) is 0.200. The third kappa shape index (κ3) is 5.75. The van der Waals surface area contributed by atoms with Gasteiger partial charge in [0.25, 0.3) is 0 Å². The lowest BCUT2D eigenvalue weighted by Crippen LogP contribution is -1.96. The smallest absolute Gasteiger partial charge is 0.190 e. The first kappa shape index (κ1) is 22.6. The minimum absolute atomic E-state index is 0.106. The predicted molar refractivity (Wildman–Crippen MR) is 125 cm³/mol. The predicted octanol–water partition coefficient (Wildman–Crippen LogP) is 4.99. The molecule has 0 radical (unpaired) electrons. The van der Waals surface area contributed by atoms with Crippen LogP contribution in [0.25, 0.3) is 22.0 Å². The molecule has 1 aromatic heterocycles. The van der Waals surface area contributed by atoms with Crippen LogP contribution in [0.5, 0.6) is 5.75 Å². The van der Waals surface area contributed by atoms with Crippen molar-refractivity contribution in [2.45, 2.75) is 25.0 Å². The lowest BCUT2D eigenvalue weighted by Gasteiger charge is -2.04. The third-order valence-corrected chi connectivity index (χ3v) is 6.05. The van der Waals surface area contributed by atoms with E-state index in [1.165, 1.54) is 22.9 Å². The zero-order chi connectivity index (χ0) is 22.4. The van der Waals surface area contributed by atoms with E-state index in [-0.39, 0.29) is 11.6 Å². The first-order valence-electron chi connectivity index (χ1n) is 10.00. The normalized spacial score (nSPS) is 11.1. The number of aliphatic hydroxyl groups is 1. The van der Waals surface area contributed by atoms with E-state index in [4.69, 9.17) is 9.84 Å². The molecule has 0 saturated carbocycles. The molecule has 0 aliphatic carbocycles. The Labute approximate surface area is 183 Å². The summed E-state index contributed by atoms with van der Waals surface area (Å²) in [7, 11) is -1.61. The topological polar surface area (TPSA) is 79.4 Å². The largest absolute Gasteiger partial charge is 0.497 e. The van der Waals surface area contributed by atoms with Crippen molar-refractivity contribution in [3.05, 3.63) is 83.9 Å². The van der Waals surface area contributed by atoms with Gasteiger partial charge in [-0.25, -0.2) is 8.42 Å². The maximum Gasteiger partial charge on any atom is 0.190 e. The van der Waals surface area contributed by atoms with Crippen LogP contribution in [0.3, 0.4) is 0 Å². The van der Waals surface area contributed by atoms with E-state index in [1.807, 2.05) is 24.3 Å². The van der Waals surface area contributed by atoms with Gasteiger partial charge in [0.1, 0.15) is 10.8 Å². The molecule has 0 spiro atoms. The molecule has 5 nitrogen and oxygen atoms in total. The van der Waals surface area contributed by atoms with Gasteiger partial charge in [0.2, 0.25) is 0 Å². The number of benzene rings is 3. The number of H-pyrrole nitrogens is 1. The van der Waals surface area contributed by atoms with Crippen molar-refractivity contribution in [3.8, 4) is 16.9 Å². The summed E-state index contributed by atoms with van der Waals surface area (Å²) >= 11 is 0. The number of aliphatic hydroxyl groups excluding tert-OH is 1. The summed E-state index contributed by atoms with van der Waals surface area (Å²) in [6, 6.07) is 23.6. The molecule has 0 bridgehead atoms. The van der Waals surface area contributed by atoms with Crippen LogP contribution in [-0.4, -0.2) is 31.9 Å². The molecule has 0 atom stereocenters. The molecule has 0 aliphatic rings. The van der Waals surface area contributed by atoms with Crippen molar-refractivity contribution in [2.75, 3.05) is 13.4 Å². The van der Waals surface area contributed by atoms with Gasteiger partial charge >= 0.3 is 0 Å². The van der Waals surface area contributed by atoms with Crippen molar-refractivity contribution in [1.29, 1.82) is 0 Å². The van der Waals surface area contributed by atoms with Gasteiger partial charge in [0, 0.05) is 17.2 Å². The number of hydrogen-bond donors (Lipinski definition) is 2. The molecule has 4 aromatic rings. The number of aromatic nitrogens is 1. The Kier molecular flexibility index (Phi) is 7.15. The van der Waals surface area contributed by atoms with Gasteiger partial charge < -0.3 is 14.8 Å². The molecule has 1 heterocycles. The molecule has 162 valence electrons. The van der Waals surface area contributed by atoms with Crippen molar-refractivity contribution in [3.63, 3.8) is 0 Å². The number of aromatic amines is 1. The minimum Gasteiger partial charge on any atom is -0.497 e. The maximum atomic E-state index is 11.3. The van der Waals surface area contributed by atoms with Crippen molar-refractivity contribution < 1.29 is 18.3 Å². The highest BCUT2D eigenvalue weighted by Crippen LogP contribution is 2.23. The fourth-order valence-corrected chi connectivity index (χ4v) is 3.78. The van der Waals surface area contributed by atoms with E-state index in [1.54, 1.807) is 31.4 Å². The number of nitrogens with one attached hydrogen (secondary N) is 1. The lowest BCUT2D eigenvalue weighted by atomic mass is 10.0. The summed E-state index contributed by atoms with van der Waals surface area (Å²) in [5.41, 5.74) is 5.52. The first-order valence-corrected chi connectivity index (χ1v) is 11.9. The van der Waals surface area contributed by atoms with E-state index in [0.717, 1.165) is 22.9 Å². The summed E-state index contributed by atoms with van der Waals surface area (Å²) in [4.78, 5) is 2.84. The summed E-state index contributed by atoms with van der Waals surface area (Å²) in [6.07, 6.45) is 2.25. The molecule has 2 N–H and O–H groups in total. The number of rotatable bonds is 5. The standard InChI is InChI=1S/C15H16O.C10H11NO3S/c1-2-12-3-7-14(8-4-12)15-9-5-13(11-16)6-10-15;1-14-8-3-4-9-7(5-8)6-10(11-9)15(2,12)13/h3-10,16H,2,11H2,1H3;3-6,11H,1-2H3. The molecule has 31 heavy (non-hydrogen) atoms. The van der Waals surface area contributed by atoms with Crippen molar-refractivity contribution >= 4 is 20.7 Å². The number of hydrogen-bond acceptors (Lipinski definition) is 4. The molecule has 0 aliphatic heterocycles. The maximum absolute atomic E-state index is 11.3. The zero-order valence-corrected chi connectivity index (χ0v) is 18.7. The van der Waals surface area contributed by atoms with E-state index in [9.17, 15) is 8.42 Å². The van der Waals surface area contributed by atoms with Gasteiger partial charge in [-0.3, -0.25) is 0 Å². The number of sulfone groups is 1. The van der Waals surface area contributed by atoms with Crippen LogP contribution in [0.4, 0.5) is 0 Å². The van der Waals surface area contributed by atoms with Crippen molar-refractivity contribution in [1.82, 2.24) is 4.98 Å². The Bertz CT molecular complexity index is 1200. The molecular formula is C25H27NO4S. The molecule has 6 heteroatoms. The summed E-state index contributed by atoms with van der Waals surface area (Å²) < 4.78 is 27.6. The van der Waals surface area contributed by atoms with E-state index < -0.39 is 9.84 Å². The lowest BCUT2D eigenvalue weighted by molar-refractivity contribution is 0.282. The van der Waals surface area contributed by atoms with E-state index >= 15 is 0 Å². The number of fused-ring (bicyclic) bond motifs is 1. The van der Waals surface area contributed by atoms with Gasteiger partial charge in [-0.1, -0.05) is 55.5 Å². The molecule has 0 unspecified atom stereocenters. The number of aryl methyl sites for hydroxylation is 1. The molecular weight excluding hydrogens is 410 g/mol. The highest BCUT2D eigenvalue weighted by Gasteiger charge is 2.10. The Hall–Kier alpha value is -3.09. The van der Waals surface area contributed by atoms with Crippen LogP contribution in [0.15, 0.2) is 77.8 Å². The number of methoxy groups -OCH3 is 1. The number of ether oxygens (including phenoxy) is 1. The van der Waals surface area contributed by atoms with Crippen LogP contribution in [0, 0.1) is 0 Å². The molecule has 0 saturated heterocycles. The van der Waals surface area contributed by atoms with Crippen LogP contribution in [0.1, 0.15) is 18.1 Å². The van der Waals surface area contributed by atoms with Gasteiger partial charge in [0.15, 0.2) is 9.84 Å². The van der Waals surface area contributed by atoms with E-state index in [2.05, 4.69) is 36.2 Å². The molecule has 3 aromatic carbocycles. The van der Waals surface area contributed by atoms with Gasteiger partial charge in [-0.05, 0) is 52.9 Å².